The molecule has 1 N–H and O–H groups in total. The number of hydrogen-bond donors (Lipinski definition) is 1. The number of hydrogen-bond acceptors (Lipinski definition) is 8. The Hall–Kier alpha value is -6.88. The smallest absolute Gasteiger partial charge is 0.375 e. The number of carbonyl (C=O) groups excluding carboxylic acids is 1. The Labute approximate surface area is 375 Å². The number of rotatable bonds is 7. The molecule has 2 aliphatic carbocycles. The molecule has 13 rings (SSSR count). The van der Waals surface area contributed by atoms with Gasteiger partial charge in [-0.1, -0.05) is 18.1 Å². The number of aromatic amines is 1. The molecule has 2 saturated heterocycles. The highest BCUT2D eigenvalue weighted by Gasteiger charge is 2.60. The Bertz CT molecular complexity index is 3490. The molecule has 3 aliphatic heterocycles. The van der Waals surface area contributed by atoms with Gasteiger partial charge in [-0.05, 0) is 130 Å². The Morgan fingerprint density at radius 2 is 1.70 bits per heavy atom. The first-order valence-electron chi connectivity index (χ1n) is 22.8. The Morgan fingerprint density at radius 3 is 2.44 bits per heavy atom. The van der Waals surface area contributed by atoms with Crippen molar-refractivity contribution in [1.29, 1.82) is 0 Å². The number of fused-ring (bicyclic) bond motifs is 6. The van der Waals surface area contributed by atoms with Crippen LogP contribution in [0.3, 0.4) is 0 Å². The number of nitrogens with zero attached hydrogens (tertiary/aromatic N) is 9. The average molecular weight is 893 g/mol. The number of aryl methyl sites for hydroxylation is 3. The van der Waals surface area contributed by atoms with Crippen LogP contribution in [0.2, 0.25) is 0 Å². The van der Waals surface area contributed by atoms with Crippen LogP contribution in [0.1, 0.15) is 108 Å². The van der Waals surface area contributed by atoms with Gasteiger partial charge >= 0.3 is 11.4 Å². The number of H-pyrrole nitrogens is 1. The van der Waals surface area contributed by atoms with Gasteiger partial charge in [-0.3, -0.25) is 28.1 Å². The highest BCUT2D eigenvalue weighted by molar-refractivity contribution is 6.00. The maximum atomic E-state index is 16.2. The van der Waals surface area contributed by atoms with Crippen LogP contribution in [-0.2, 0) is 23.7 Å². The second kappa shape index (κ2) is 13.6. The molecule has 8 aromatic rings. The standard InChI is InChI=1S/C49H46F2N10O5/c1-25-17-32(18-26(2)41(25)50)61-43(58-15-14-57(47(58)64)38-10-9-36-33(42(38)51)24-52-56(36)4)40-34(54-61)21-31-6-8-37(40)59(31)44(62)39-20-30-19-28(29-11-16-65-48(23-29)12-13-48)5-7-35(30)60(39)49(22-27(49)3)45-53-46(63)66-55-45/h5,7,9-10,14-15,17-20,24,27,29,31,37H,6,8,11-13,16,21-23H2,1-4H3,(H,53,55,63)/t27-,29-,31-,37+,49-/m1/s1. The van der Waals surface area contributed by atoms with Crippen molar-refractivity contribution in [3.8, 4) is 17.2 Å². The van der Waals surface area contributed by atoms with Gasteiger partial charge in [-0.2, -0.15) is 10.2 Å². The summed E-state index contributed by atoms with van der Waals surface area (Å²) in [5.41, 5.74) is 4.58. The van der Waals surface area contributed by atoms with Crippen molar-refractivity contribution in [3.63, 3.8) is 0 Å². The topological polar surface area (TPSA) is 156 Å². The summed E-state index contributed by atoms with van der Waals surface area (Å²) in [4.78, 5) is 47.8. The number of amides is 1. The molecule has 5 atom stereocenters. The summed E-state index contributed by atoms with van der Waals surface area (Å²) in [6.07, 6.45) is 11.0. The van der Waals surface area contributed by atoms with Gasteiger partial charge in [-0.15, -0.1) is 0 Å². The molecule has 5 aliphatic rings. The van der Waals surface area contributed by atoms with Crippen LogP contribution in [-0.4, -0.2) is 72.5 Å². The second-order valence-electron chi connectivity index (χ2n) is 19.5. The van der Waals surface area contributed by atoms with Crippen LogP contribution in [0, 0.1) is 31.4 Å². The van der Waals surface area contributed by atoms with Gasteiger partial charge in [0, 0.05) is 55.0 Å². The number of ether oxygens (including phenoxy) is 1. The molecular formula is C49H46F2N10O5. The van der Waals surface area contributed by atoms with E-state index in [2.05, 4.69) is 44.9 Å². The first-order chi connectivity index (χ1) is 31.8. The molecule has 8 heterocycles. The molecule has 5 aromatic heterocycles. The van der Waals surface area contributed by atoms with Crippen molar-refractivity contribution >= 4 is 27.7 Å². The lowest BCUT2D eigenvalue weighted by Crippen LogP contribution is -2.43. The SMILES string of the molecule is Cc1cc(-n2nc3c(c2-n2ccn(-c4ccc5c(cnn5C)c4F)c2=O)[C@@H]2CC[C@H](C3)N2C(=O)c2cc3cc([C@@H]4CCOC5(CC5)C4)ccc3n2[C@]2(c3noc(=O)[nH]3)C[C@H]2C)cc(C)c1F. The van der Waals surface area contributed by atoms with Crippen molar-refractivity contribution in [2.75, 3.05) is 6.61 Å². The normalized spacial score (nSPS) is 23.9. The summed E-state index contributed by atoms with van der Waals surface area (Å²) in [5.74, 6) is -0.659. The molecular weight excluding hydrogens is 847 g/mol. The van der Waals surface area contributed by atoms with Crippen molar-refractivity contribution in [1.82, 2.24) is 48.3 Å². The van der Waals surface area contributed by atoms with Crippen LogP contribution in [0.4, 0.5) is 8.78 Å². The van der Waals surface area contributed by atoms with Crippen LogP contribution >= 0.6 is 0 Å². The van der Waals surface area contributed by atoms with Crippen molar-refractivity contribution in [2.45, 2.75) is 101 Å². The summed E-state index contributed by atoms with van der Waals surface area (Å²) in [7, 11) is 1.73. The quantitative estimate of drug-likeness (QED) is 0.174. The fourth-order valence-electron chi connectivity index (χ4n) is 12.0. The first kappa shape index (κ1) is 39.5. The summed E-state index contributed by atoms with van der Waals surface area (Å²) in [6, 6.07) is 14.4. The second-order valence-corrected chi connectivity index (χ2v) is 19.5. The van der Waals surface area contributed by atoms with Crippen LogP contribution in [0.5, 0.6) is 0 Å². The van der Waals surface area contributed by atoms with Crippen molar-refractivity contribution < 1.29 is 22.8 Å². The van der Waals surface area contributed by atoms with Crippen LogP contribution in [0.15, 0.2) is 81.2 Å². The Balaban J connectivity index is 0.969. The molecule has 0 radical (unpaired) electrons. The Morgan fingerprint density at radius 1 is 0.924 bits per heavy atom. The zero-order chi connectivity index (χ0) is 45.1. The molecule has 15 nitrogen and oxygen atoms in total. The Kier molecular flexibility index (Phi) is 8.13. The molecule has 3 aromatic carbocycles. The molecule has 2 bridgehead atoms. The minimum absolute atomic E-state index is 0.0111. The zero-order valence-corrected chi connectivity index (χ0v) is 36.8. The fourth-order valence-corrected chi connectivity index (χ4v) is 12.0. The lowest BCUT2D eigenvalue weighted by atomic mass is 9.87. The van der Waals surface area contributed by atoms with Gasteiger partial charge in [0.1, 0.15) is 22.9 Å². The number of benzene rings is 3. The molecule has 2 saturated carbocycles. The van der Waals surface area contributed by atoms with E-state index in [1.54, 1.807) is 60.7 Å². The summed E-state index contributed by atoms with van der Waals surface area (Å²) >= 11 is 0. The van der Waals surface area contributed by atoms with E-state index >= 15 is 13.6 Å². The molecule has 17 heteroatoms. The number of nitrogens with one attached hydrogen (secondary N) is 1. The maximum Gasteiger partial charge on any atom is 0.438 e. The van der Waals surface area contributed by atoms with E-state index in [4.69, 9.17) is 14.4 Å². The molecule has 0 unspecified atom stereocenters. The van der Waals surface area contributed by atoms with E-state index in [0.717, 1.165) is 48.9 Å². The molecule has 1 spiro atoms. The minimum Gasteiger partial charge on any atom is -0.375 e. The highest BCUT2D eigenvalue weighted by Crippen LogP contribution is 2.57. The number of carbonyl (C=O) groups is 1. The van der Waals surface area contributed by atoms with Gasteiger partial charge < -0.3 is 14.2 Å². The first-order valence-corrected chi connectivity index (χ1v) is 22.8. The molecule has 4 fully saturated rings. The third-order valence-corrected chi connectivity index (χ3v) is 15.6. The lowest BCUT2D eigenvalue weighted by molar-refractivity contribution is -0.0132. The van der Waals surface area contributed by atoms with E-state index in [0.29, 0.717) is 76.8 Å². The van der Waals surface area contributed by atoms with E-state index in [1.165, 1.54) is 27.1 Å². The van der Waals surface area contributed by atoms with E-state index in [1.807, 2.05) is 11.0 Å². The summed E-state index contributed by atoms with van der Waals surface area (Å²) < 4.78 is 50.7. The average Bonchev–Trinajstić information content (AvgIpc) is 3.70. The summed E-state index contributed by atoms with van der Waals surface area (Å²) in [6.45, 7) is 6.18. The third kappa shape index (κ3) is 5.48. The van der Waals surface area contributed by atoms with Gasteiger partial charge in [-0.25, -0.2) is 23.1 Å². The van der Waals surface area contributed by atoms with E-state index in [-0.39, 0.29) is 40.4 Å². The number of halogens is 2. The molecule has 66 heavy (non-hydrogen) atoms. The van der Waals surface area contributed by atoms with Crippen LogP contribution < -0.4 is 11.4 Å². The molecule has 1 amide bonds. The van der Waals surface area contributed by atoms with Gasteiger partial charge in [0.15, 0.2) is 11.6 Å². The van der Waals surface area contributed by atoms with Gasteiger partial charge in [0.25, 0.3) is 5.91 Å². The number of imidazole rings is 1. The summed E-state index contributed by atoms with van der Waals surface area (Å²) in [5, 5.41) is 14.8. The largest absolute Gasteiger partial charge is 0.438 e. The minimum atomic E-state index is -0.837. The third-order valence-electron chi connectivity index (χ3n) is 15.6. The monoisotopic (exact) mass is 892 g/mol. The highest BCUT2D eigenvalue weighted by atomic mass is 19.1. The van der Waals surface area contributed by atoms with Gasteiger partial charge in [0.2, 0.25) is 0 Å². The lowest BCUT2D eigenvalue weighted by Gasteiger charge is -2.35. The van der Waals surface area contributed by atoms with Crippen molar-refractivity contribution in [3.05, 3.63) is 139 Å². The zero-order valence-electron chi connectivity index (χ0n) is 36.8. The number of aromatic nitrogens is 9. The maximum absolute atomic E-state index is 16.2. The molecule has 336 valence electrons. The fraction of sp³-hybridized carbons (Fsp3) is 0.388. The predicted octanol–water partition coefficient (Wildman–Crippen LogP) is 7.34. The van der Waals surface area contributed by atoms with Gasteiger partial charge in [0.05, 0.1) is 45.8 Å². The van der Waals surface area contributed by atoms with Crippen molar-refractivity contribution in [2.24, 2.45) is 13.0 Å². The van der Waals surface area contributed by atoms with E-state index in [9.17, 15) is 9.59 Å². The van der Waals surface area contributed by atoms with Crippen LogP contribution in [0.25, 0.3) is 39.0 Å². The predicted molar refractivity (Wildman–Crippen MR) is 238 cm³/mol. The van der Waals surface area contributed by atoms with E-state index < -0.39 is 28.8 Å².